The molecule has 0 fully saturated rings. The zero-order valence-electron chi connectivity index (χ0n) is 9.53. The van der Waals surface area contributed by atoms with Crippen LogP contribution in [-0.2, 0) is 5.41 Å². The topological polar surface area (TPSA) is 66.0 Å². The first-order valence-corrected chi connectivity index (χ1v) is 5.12. The molecule has 2 rings (SSSR count). The predicted octanol–water partition coefficient (Wildman–Crippen LogP) is 2.56. The van der Waals surface area contributed by atoms with Gasteiger partial charge in [0.25, 0.3) is 0 Å². The van der Waals surface area contributed by atoms with Gasteiger partial charge in [0.1, 0.15) is 5.52 Å². The van der Waals surface area contributed by atoms with Gasteiger partial charge in [0.05, 0.1) is 5.56 Å². The number of carboxylic acid groups (broad SMARTS) is 1. The molecule has 4 nitrogen and oxygen atoms in total. The van der Waals surface area contributed by atoms with Crippen LogP contribution < -0.4 is 0 Å². The Morgan fingerprint density at radius 2 is 2.06 bits per heavy atom. The van der Waals surface area contributed by atoms with Crippen molar-refractivity contribution in [3.63, 3.8) is 0 Å². The molecule has 1 aromatic carbocycles. The first-order chi connectivity index (χ1) is 7.41. The molecule has 84 valence electrons. The van der Waals surface area contributed by atoms with Crippen LogP contribution in [-0.4, -0.2) is 21.3 Å². The molecule has 0 radical (unpaired) electrons. The van der Waals surface area contributed by atoms with E-state index in [0.717, 1.165) is 11.1 Å². The van der Waals surface area contributed by atoms with Gasteiger partial charge in [0, 0.05) is 16.5 Å². The third-order valence-electron chi connectivity index (χ3n) is 2.57. The number of hydrogen-bond acceptors (Lipinski definition) is 2. The summed E-state index contributed by atoms with van der Waals surface area (Å²) in [6.07, 6.45) is 0. The largest absolute Gasteiger partial charge is 0.478 e. The molecule has 0 spiro atoms. The molecule has 0 aliphatic carbocycles. The van der Waals surface area contributed by atoms with Gasteiger partial charge in [-0.3, -0.25) is 5.10 Å². The summed E-state index contributed by atoms with van der Waals surface area (Å²) in [5, 5.41) is 17.0. The van der Waals surface area contributed by atoms with Crippen molar-refractivity contribution in [2.24, 2.45) is 0 Å². The summed E-state index contributed by atoms with van der Waals surface area (Å²) in [7, 11) is 0. The van der Waals surface area contributed by atoms with E-state index in [4.69, 9.17) is 5.11 Å². The number of nitrogens with zero attached hydrogens (tertiary/aromatic N) is 1. The van der Waals surface area contributed by atoms with Crippen molar-refractivity contribution < 1.29 is 9.90 Å². The standard InChI is InChI=1S/C12H14N2O2/c1-12(2,3)10-7-5-4-6-8(11(15)16)9(7)13-14-10/h4-6H,1-3H3,(H,13,14)(H,15,16). The number of para-hydroxylation sites is 1. The summed E-state index contributed by atoms with van der Waals surface area (Å²) in [5.41, 5.74) is 1.65. The van der Waals surface area contributed by atoms with Gasteiger partial charge in [-0.2, -0.15) is 5.10 Å². The molecule has 0 unspecified atom stereocenters. The van der Waals surface area contributed by atoms with Crippen LogP contribution in [0.4, 0.5) is 0 Å². The first kappa shape index (κ1) is 10.7. The van der Waals surface area contributed by atoms with Crippen LogP contribution in [0.2, 0.25) is 0 Å². The van der Waals surface area contributed by atoms with Crippen LogP contribution >= 0.6 is 0 Å². The van der Waals surface area contributed by atoms with E-state index in [1.807, 2.05) is 6.07 Å². The quantitative estimate of drug-likeness (QED) is 0.773. The van der Waals surface area contributed by atoms with Crippen molar-refractivity contribution in [3.8, 4) is 0 Å². The van der Waals surface area contributed by atoms with E-state index in [-0.39, 0.29) is 11.0 Å². The molecular formula is C12H14N2O2. The minimum Gasteiger partial charge on any atom is -0.478 e. The maximum absolute atomic E-state index is 11.0. The van der Waals surface area contributed by atoms with E-state index in [9.17, 15) is 4.79 Å². The highest BCUT2D eigenvalue weighted by Crippen LogP contribution is 2.29. The third kappa shape index (κ3) is 1.56. The fourth-order valence-electron chi connectivity index (χ4n) is 1.78. The Morgan fingerprint density at radius 1 is 1.38 bits per heavy atom. The Labute approximate surface area is 93.3 Å². The fraction of sp³-hybridized carbons (Fsp3) is 0.333. The Bertz CT molecular complexity index is 550. The van der Waals surface area contributed by atoms with E-state index in [1.165, 1.54) is 0 Å². The van der Waals surface area contributed by atoms with Gasteiger partial charge >= 0.3 is 5.97 Å². The Kier molecular flexibility index (Phi) is 2.22. The van der Waals surface area contributed by atoms with E-state index in [0.29, 0.717) is 5.52 Å². The van der Waals surface area contributed by atoms with Gasteiger partial charge < -0.3 is 5.11 Å². The monoisotopic (exact) mass is 218 g/mol. The van der Waals surface area contributed by atoms with Gasteiger partial charge in [0.2, 0.25) is 0 Å². The Morgan fingerprint density at radius 3 is 2.62 bits per heavy atom. The molecule has 2 N–H and O–H groups in total. The lowest BCUT2D eigenvalue weighted by molar-refractivity contribution is 0.0699. The summed E-state index contributed by atoms with van der Waals surface area (Å²) in [6.45, 7) is 6.19. The average Bonchev–Trinajstić information content (AvgIpc) is 2.59. The highest BCUT2D eigenvalue weighted by molar-refractivity contribution is 6.02. The number of nitrogens with one attached hydrogen (secondary N) is 1. The number of carbonyl (C=O) groups is 1. The number of H-pyrrole nitrogens is 1. The van der Waals surface area contributed by atoms with Crippen molar-refractivity contribution in [1.82, 2.24) is 10.2 Å². The van der Waals surface area contributed by atoms with Crippen molar-refractivity contribution in [1.29, 1.82) is 0 Å². The number of fused-ring (bicyclic) bond motifs is 1. The number of rotatable bonds is 1. The second-order valence-corrected chi connectivity index (χ2v) is 4.86. The van der Waals surface area contributed by atoms with Crippen LogP contribution in [0.25, 0.3) is 10.9 Å². The van der Waals surface area contributed by atoms with E-state index in [2.05, 4.69) is 31.0 Å². The normalized spacial score (nSPS) is 11.9. The molecule has 1 aromatic heterocycles. The number of carboxylic acids is 1. The maximum Gasteiger partial charge on any atom is 0.337 e. The van der Waals surface area contributed by atoms with E-state index < -0.39 is 5.97 Å². The van der Waals surface area contributed by atoms with Crippen LogP contribution in [0.5, 0.6) is 0 Å². The molecular weight excluding hydrogens is 204 g/mol. The molecule has 4 heteroatoms. The smallest absolute Gasteiger partial charge is 0.337 e. The second-order valence-electron chi connectivity index (χ2n) is 4.86. The number of benzene rings is 1. The molecule has 0 aliphatic heterocycles. The van der Waals surface area contributed by atoms with Gasteiger partial charge in [-0.05, 0) is 6.07 Å². The number of aromatic amines is 1. The second kappa shape index (κ2) is 3.33. The molecule has 0 saturated heterocycles. The predicted molar refractivity (Wildman–Crippen MR) is 61.8 cm³/mol. The summed E-state index contributed by atoms with van der Waals surface area (Å²) >= 11 is 0. The van der Waals surface area contributed by atoms with Gasteiger partial charge in [-0.1, -0.05) is 32.9 Å². The molecule has 0 aliphatic rings. The van der Waals surface area contributed by atoms with Gasteiger partial charge in [-0.15, -0.1) is 0 Å². The van der Waals surface area contributed by atoms with Crippen molar-refractivity contribution >= 4 is 16.9 Å². The van der Waals surface area contributed by atoms with Crippen LogP contribution in [0.3, 0.4) is 0 Å². The van der Waals surface area contributed by atoms with Crippen molar-refractivity contribution in [2.75, 3.05) is 0 Å². The summed E-state index contributed by atoms with van der Waals surface area (Å²) in [4.78, 5) is 11.0. The molecule has 1 heterocycles. The van der Waals surface area contributed by atoms with E-state index >= 15 is 0 Å². The van der Waals surface area contributed by atoms with E-state index in [1.54, 1.807) is 12.1 Å². The lowest BCUT2D eigenvalue weighted by Gasteiger charge is -2.16. The van der Waals surface area contributed by atoms with Crippen LogP contribution in [0, 0.1) is 0 Å². The number of hydrogen-bond donors (Lipinski definition) is 2. The average molecular weight is 218 g/mol. The third-order valence-corrected chi connectivity index (χ3v) is 2.57. The molecule has 0 saturated carbocycles. The Hall–Kier alpha value is -1.84. The molecule has 0 amide bonds. The molecule has 2 aromatic rings. The lowest BCUT2D eigenvalue weighted by atomic mass is 9.89. The minimum atomic E-state index is -0.947. The number of aromatic carboxylic acids is 1. The SMILES string of the molecule is CC(C)(C)c1[nH]nc2c(C(=O)O)cccc12. The Balaban J connectivity index is 2.76. The highest BCUT2D eigenvalue weighted by atomic mass is 16.4. The summed E-state index contributed by atoms with van der Waals surface area (Å²) in [5.74, 6) is -0.947. The lowest BCUT2D eigenvalue weighted by Crippen LogP contribution is -2.12. The fourth-order valence-corrected chi connectivity index (χ4v) is 1.78. The summed E-state index contributed by atoms with van der Waals surface area (Å²) in [6, 6.07) is 5.21. The zero-order chi connectivity index (χ0) is 11.9. The zero-order valence-corrected chi connectivity index (χ0v) is 9.53. The van der Waals surface area contributed by atoms with Crippen molar-refractivity contribution in [2.45, 2.75) is 26.2 Å². The minimum absolute atomic E-state index is 0.0775. The molecule has 0 atom stereocenters. The highest BCUT2D eigenvalue weighted by Gasteiger charge is 2.21. The van der Waals surface area contributed by atoms with Gasteiger partial charge in [0.15, 0.2) is 0 Å². The van der Waals surface area contributed by atoms with Crippen molar-refractivity contribution in [3.05, 3.63) is 29.5 Å². The summed E-state index contributed by atoms with van der Waals surface area (Å²) < 4.78 is 0. The first-order valence-electron chi connectivity index (χ1n) is 5.12. The molecule has 16 heavy (non-hydrogen) atoms. The van der Waals surface area contributed by atoms with Crippen LogP contribution in [0.1, 0.15) is 36.8 Å². The van der Waals surface area contributed by atoms with Gasteiger partial charge in [-0.25, -0.2) is 4.79 Å². The molecule has 0 bridgehead atoms. The number of aromatic nitrogens is 2. The van der Waals surface area contributed by atoms with Crippen LogP contribution in [0.15, 0.2) is 18.2 Å². The maximum atomic E-state index is 11.0.